The van der Waals surface area contributed by atoms with Crippen molar-refractivity contribution in [3.63, 3.8) is 0 Å². The number of ether oxygens (including phenoxy) is 1. The lowest BCUT2D eigenvalue weighted by atomic mass is 10.1. The first-order valence-electron chi connectivity index (χ1n) is 7.05. The van der Waals surface area contributed by atoms with Gasteiger partial charge in [0.15, 0.2) is 0 Å². The zero-order valence-corrected chi connectivity index (χ0v) is 13.5. The highest BCUT2D eigenvalue weighted by Gasteiger charge is 2.03. The van der Waals surface area contributed by atoms with Crippen LogP contribution >= 0.6 is 11.3 Å². The van der Waals surface area contributed by atoms with Crippen molar-refractivity contribution in [3.8, 4) is 5.75 Å². The molecule has 0 unspecified atom stereocenters. The predicted octanol–water partition coefficient (Wildman–Crippen LogP) is 4.44. The van der Waals surface area contributed by atoms with Gasteiger partial charge in [0.05, 0.1) is 0 Å². The molecule has 1 N–H and O–H groups in total. The maximum absolute atomic E-state index is 5.86. The third kappa shape index (κ3) is 4.36. The van der Waals surface area contributed by atoms with Crippen molar-refractivity contribution in [3.05, 3.63) is 51.2 Å². The summed E-state index contributed by atoms with van der Waals surface area (Å²) in [5.74, 6) is 0.948. The summed E-state index contributed by atoms with van der Waals surface area (Å²) in [5, 5.41) is 3.43. The van der Waals surface area contributed by atoms with Crippen LogP contribution in [0.3, 0.4) is 0 Å². The maximum atomic E-state index is 5.86. The molecule has 3 heteroatoms. The van der Waals surface area contributed by atoms with E-state index >= 15 is 0 Å². The Morgan fingerprint density at radius 3 is 2.50 bits per heavy atom. The van der Waals surface area contributed by atoms with Gasteiger partial charge in [-0.25, -0.2) is 0 Å². The molecule has 0 saturated heterocycles. The molecular formula is C17H23NOS. The van der Waals surface area contributed by atoms with Crippen LogP contribution in [-0.4, -0.2) is 6.04 Å². The van der Waals surface area contributed by atoms with E-state index < -0.39 is 0 Å². The molecule has 0 aliphatic carbocycles. The second-order valence-electron chi connectivity index (χ2n) is 5.44. The summed E-state index contributed by atoms with van der Waals surface area (Å²) in [5.41, 5.74) is 2.58. The van der Waals surface area contributed by atoms with Crippen molar-refractivity contribution in [2.75, 3.05) is 0 Å². The fraction of sp³-hybridized carbons (Fsp3) is 0.412. The lowest BCUT2D eigenvalue weighted by molar-refractivity contribution is 0.309. The molecule has 0 aliphatic heterocycles. The average Bonchev–Trinajstić information content (AvgIpc) is 2.86. The Hall–Kier alpha value is -1.32. The van der Waals surface area contributed by atoms with Gasteiger partial charge in [-0.15, -0.1) is 11.3 Å². The summed E-state index contributed by atoms with van der Waals surface area (Å²) in [6, 6.07) is 11.1. The number of rotatable bonds is 6. The van der Waals surface area contributed by atoms with Crippen molar-refractivity contribution in [2.45, 2.75) is 46.9 Å². The molecule has 0 radical (unpaired) electrons. The molecular weight excluding hydrogens is 266 g/mol. The predicted molar refractivity (Wildman–Crippen MR) is 86.5 cm³/mol. The van der Waals surface area contributed by atoms with E-state index in [1.807, 2.05) is 17.4 Å². The molecule has 0 bridgehead atoms. The van der Waals surface area contributed by atoms with Crippen molar-refractivity contribution in [2.24, 2.45) is 0 Å². The van der Waals surface area contributed by atoms with Gasteiger partial charge in [0.2, 0.25) is 0 Å². The SMILES string of the molecule is Cc1ccc(OCc2ccc(CNC(C)C)s2)cc1C. The van der Waals surface area contributed by atoms with Crippen molar-refractivity contribution in [1.82, 2.24) is 5.32 Å². The molecule has 1 heterocycles. The van der Waals surface area contributed by atoms with E-state index in [-0.39, 0.29) is 0 Å². The van der Waals surface area contributed by atoms with Gasteiger partial charge < -0.3 is 10.1 Å². The van der Waals surface area contributed by atoms with Crippen LogP contribution in [0.4, 0.5) is 0 Å². The standard InChI is InChI=1S/C17H23NOS/c1-12(2)18-10-16-7-8-17(20-16)11-19-15-6-5-13(3)14(4)9-15/h5-9,12,18H,10-11H2,1-4H3. The van der Waals surface area contributed by atoms with Gasteiger partial charge >= 0.3 is 0 Å². The second kappa shape index (κ2) is 6.91. The van der Waals surface area contributed by atoms with Gasteiger partial charge in [0.25, 0.3) is 0 Å². The summed E-state index contributed by atoms with van der Waals surface area (Å²) in [7, 11) is 0. The Kier molecular flexibility index (Phi) is 5.21. The maximum Gasteiger partial charge on any atom is 0.122 e. The summed E-state index contributed by atoms with van der Waals surface area (Å²) in [6.07, 6.45) is 0. The molecule has 0 atom stereocenters. The lowest BCUT2D eigenvalue weighted by Crippen LogP contribution is -2.21. The van der Waals surface area contributed by atoms with E-state index in [0.717, 1.165) is 12.3 Å². The van der Waals surface area contributed by atoms with Gasteiger partial charge in [0, 0.05) is 22.3 Å². The average molecular weight is 289 g/mol. The Balaban J connectivity index is 1.89. The molecule has 0 aliphatic rings. The van der Waals surface area contributed by atoms with Crippen LogP contribution in [0.25, 0.3) is 0 Å². The minimum Gasteiger partial charge on any atom is -0.488 e. The number of thiophene rings is 1. The molecule has 0 spiro atoms. The molecule has 2 nitrogen and oxygen atoms in total. The van der Waals surface area contributed by atoms with E-state index in [1.54, 1.807) is 0 Å². The minimum atomic E-state index is 0.521. The van der Waals surface area contributed by atoms with Crippen LogP contribution in [0.2, 0.25) is 0 Å². The Labute approximate surface area is 125 Å². The third-order valence-corrected chi connectivity index (χ3v) is 4.32. The largest absolute Gasteiger partial charge is 0.488 e. The number of hydrogen-bond acceptors (Lipinski definition) is 3. The molecule has 1 aromatic heterocycles. The van der Waals surface area contributed by atoms with Crippen LogP contribution in [0, 0.1) is 13.8 Å². The van der Waals surface area contributed by atoms with E-state index in [1.165, 1.54) is 20.9 Å². The van der Waals surface area contributed by atoms with Crippen molar-refractivity contribution in [1.29, 1.82) is 0 Å². The first-order valence-corrected chi connectivity index (χ1v) is 7.87. The van der Waals surface area contributed by atoms with Crippen LogP contribution in [0.1, 0.15) is 34.7 Å². The van der Waals surface area contributed by atoms with Gasteiger partial charge in [-0.1, -0.05) is 19.9 Å². The molecule has 0 fully saturated rings. The smallest absolute Gasteiger partial charge is 0.122 e. The molecule has 1 aromatic carbocycles. The molecule has 2 rings (SSSR count). The lowest BCUT2D eigenvalue weighted by Gasteiger charge is -2.07. The van der Waals surface area contributed by atoms with E-state index in [4.69, 9.17) is 4.74 Å². The third-order valence-electron chi connectivity index (χ3n) is 3.26. The fourth-order valence-electron chi connectivity index (χ4n) is 1.86. The molecule has 20 heavy (non-hydrogen) atoms. The summed E-state index contributed by atoms with van der Waals surface area (Å²) in [6.45, 7) is 10.1. The normalized spacial score (nSPS) is 11.1. The van der Waals surface area contributed by atoms with Gasteiger partial charge in [-0.3, -0.25) is 0 Å². The Morgan fingerprint density at radius 2 is 1.80 bits per heavy atom. The highest BCUT2D eigenvalue weighted by Crippen LogP contribution is 2.21. The quantitative estimate of drug-likeness (QED) is 0.848. The van der Waals surface area contributed by atoms with Crippen LogP contribution < -0.4 is 10.1 Å². The van der Waals surface area contributed by atoms with Crippen molar-refractivity contribution < 1.29 is 4.74 Å². The Bertz CT molecular complexity index is 560. The summed E-state index contributed by atoms with van der Waals surface area (Å²) < 4.78 is 5.86. The Morgan fingerprint density at radius 1 is 1.05 bits per heavy atom. The first-order chi connectivity index (χ1) is 9.54. The highest BCUT2D eigenvalue weighted by molar-refractivity contribution is 7.11. The summed E-state index contributed by atoms with van der Waals surface area (Å²) in [4.78, 5) is 2.63. The minimum absolute atomic E-state index is 0.521. The van der Waals surface area contributed by atoms with Crippen LogP contribution in [0.15, 0.2) is 30.3 Å². The van der Waals surface area contributed by atoms with Gasteiger partial charge in [-0.2, -0.15) is 0 Å². The highest BCUT2D eigenvalue weighted by atomic mass is 32.1. The fourth-order valence-corrected chi connectivity index (χ4v) is 2.74. The van der Waals surface area contributed by atoms with Crippen LogP contribution in [0.5, 0.6) is 5.75 Å². The van der Waals surface area contributed by atoms with E-state index in [9.17, 15) is 0 Å². The molecule has 108 valence electrons. The number of aryl methyl sites for hydroxylation is 2. The number of benzene rings is 1. The van der Waals surface area contributed by atoms with E-state index in [2.05, 4.69) is 57.3 Å². The molecule has 0 amide bonds. The molecule has 2 aromatic rings. The van der Waals surface area contributed by atoms with E-state index in [0.29, 0.717) is 12.6 Å². The number of hydrogen-bond donors (Lipinski definition) is 1. The monoisotopic (exact) mass is 289 g/mol. The van der Waals surface area contributed by atoms with Gasteiger partial charge in [0.1, 0.15) is 12.4 Å². The zero-order valence-electron chi connectivity index (χ0n) is 12.7. The van der Waals surface area contributed by atoms with Crippen LogP contribution in [-0.2, 0) is 13.2 Å². The second-order valence-corrected chi connectivity index (χ2v) is 6.69. The molecule has 0 saturated carbocycles. The zero-order chi connectivity index (χ0) is 14.5. The van der Waals surface area contributed by atoms with Gasteiger partial charge in [-0.05, 0) is 49.2 Å². The topological polar surface area (TPSA) is 21.3 Å². The summed E-state index contributed by atoms with van der Waals surface area (Å²) >= 11 is 1.81. The number of nitrogens with one attached hydrogen (secondary N) is 1. The first kappa shape index (κ1) is 15.1. The van der Waals surface area contributed by atoms with Crippen molar-refractivity contribution >= 4 is 11.3 Å².